The highest BCUT2D eigenvalue weighted by Gasteiger charge is 2.24. The van der Waals surface area contributed by atoms with Crippen LogP contribution in [0.5, 0.6) is 0 Å². The molecule has 21 heavy (non-hydrogen) atoms. The number of benzene rings is 1. The highest BCUT2D eigenvalue weighted by Crippen LogP contribution is 2.23. The first-order valence-corrected chi connectivity index (χ1v) is 7.53. The van der Waals surface area contributed by atoms with E-state index >= 15 is 0 Å². The molecule has 1 aliphatic heterocycles. The zero-order valence-corrected chi connectivity index (χ0v) is 12.3. The van der Waals surface area contributed by atoms with E-state index < -0.39 is 0 Å². The molecular formula is C18H22N2O. The molecule has 2 heterocycles. The van der Waals surface area contributed by atoms with Crippen LogP contribution in [0.1, 0.15) is 17.4 Å². The summed E-state index contributed by atoms with van der Waals surface area (Å²) in [4.78, 5) is 4.95. The van der Waals surface area contributed by atoms with Crippen LogP contribution in [0.3, 0.4) is 0 Å². The second-order valence-electron chi connectivity index (χ2n) is 5.49. The molecule has 0 N–H and O–H groups in total. The van der Waals surface area contributed by atoms with Crippen molar-refractivity contribution in [1.29, 1.82) is 0 Å². The van der Waals surface area contributed by atoms with Crippen molar-refractivity contribution < 1.29 is 4.42 Å². The summed E-state index contributed by atoms with van der Waals surface area (Å²) in [5, 5.41) is 0. The zero-order valence-electron chi connectivity index (χ0n) is 12.3. The van der Waals surface area contributed by atoms with E-state index in [1.165, 1.54) is 5.56 Å². The Bertz CT molecular complexity index is 542. The molecule has 1 aliphatic rings. The molecule has 1 fully saturated rings. The lowest BCUT2D eigenvalue weighted by atomic mass is 10.1. The van der Waals surface area contributed by atoms with E-state index in [0.717, 1.165) is 38.5 Å². The van der Waals surface area contributed by atoms with Gasteiger partial charge in [0.05, 0.1) is 12.3 Å². The second kappa shape index (κ2) is 6.74. The van der Waals surface area contributed by atoms with Gasteiger partial charge in [0.15, 0.2) is 0 Å². The Hall–Kier alpha value is -1.84. The van der Waals surface area contributed by atoms with Gasteiger partial charge in [0.1, 0.15) is 5.76 Å². The number of furan rings is 1. The third-order valence-electron chi connectivity index (χ3n) is 4.11. The van der Waals surface area contributed by atoms with Crippen LogP contribution in [0.25, 0.3) is 0 Å². The van der Waals surface area contributed by atoms with E-state index in [1.54, 1.807) is 6.26 Å². The van der Waals surface area contributed by atoms with E-state index in [4.69, 9.17) is 4.42 Å². The van der Waals surface area contributed by atoms with Gasteiger partial charge in [0, 0.05) is 32.7 Å². The molecule has 0 saturated carbocycles. The standard InChI is InChI=1S/C18H22N2O/c1-2-17(18-9-6-14-21-18)20-12-10-19(11-13-20)15-16-7-4-3-5-8-16/h2-9,14,17H,1,10-13,15H2. The first-order valence-electron chi connectivity index (χ1n) is 7.53. The van der Waals surface area contributed by atoms with E-state index in [2.05, 4.69) is 46.7 Å². The van der Waals surface area contributed by atoms with Crippen molar-refractivity contribution in [2.75, 3.05) is 26.2 Å². The summed E-state index contributed by atoms with van der Waals surface area (Å²) in [6, 6.07) is 14.8. The van der Waals surface area contributed by atoms with Crippen LogP contribution in [0.4, 0.5) is 0 Å². The number of piperazine rings is 1. The number of rotatable bonds is 5. The molecule has 1 aromatic heterocycles. The Kier molecular flexibility index (Phi) is 4.53. The van der Waals surface area contributed by atoms with Gasteiger partial charge in [0.2, 0.25) is 0 Å². The van der Waals surface area contributed by atoms with Gasteiger partial charge in [-0.15, -0.1) is 6.58 Å². The van der Waals surface area contributed by atoms with E-state index in [1.807, 2.05) is 18.2 Å². The summed E-state index contributed by atoms with van der Waals surface area (Å²) < 4.78 is 5.54. The highest BCUT2D eigenvalue weighted by atomic mass is 16.3. The Labute approximate surface area is 126 Å². The van der Waals surface area contributed by atoms with Gasteiger partial charge < -0.3 is 4.42 Å². The Morgan fingerprint density at radius 2 is 1.81 bits per heavy atom. The molecule has 3 heteroatoms. The maximum Gasteiger partial charge on any atom is 0.124 e. The zero-order chi connectivity index (χ0) is 14.5. The molecule has 1 unspecified atom stereocenters. The van der Waals surface area contributed by atoms with Gasteiger partial charge >= 0.3 is 0 Å². The van der Waals surface area contributed by atoms with Gasteiger partial charge in [-0.1, -0.05) is 36.4 Å². The minimum Gasteiger partial charge on any atom is -0.467 e. The minimum atomic E-state index is 0.193. The molecule has 1 atom stereocenters. The predicted octanol–water partition coefficient (Wildman–Crippen LogP) is 3.32. The van der Waals surface area contributed by atoms with Crippen molar-refractivity contribution >= 4 is 0 Å². The fourth-order valence-corrected chi connectivity index (χ4v) is 2.95. The Balaban J connectivity index is 1.56. The molecule has 0 spiro atoms. The average Bonchev–Trinajstić information content (AvgIpc) is 3.05. The van der Waals surface area contributed by atoms with Crippen LogP contribution in [-0.2, 0) is 6.54 Å². The molecule has 0 radical (unpaired) electrons. The van der Waals surface area contributed by atoms with Gasteiger partial charge in [-0.05, 0) is 17.7 Å². The van der Waals surface area contributed by atoms with Gasteiger partial charge in [-0.25, -0.2) is 0 Å². The maximum absolute atomic E-state index is 5.54. The Morgan fingerprint density at radius 1 is 1.05 bits per heavy atom. The molecule has 1 saturated heterocycles. The molecule has 0 amide bonds. The predicted molar refractivity (Wildman–Crippen MR) is 84.9 cm³/mol. The van der Waals surface area contributed by atoms with Gasteiger partial charge in [-0.2, -0.15) is 0 Å². The van der Waals surface area contributed by atoms with E-state index in [0.29, 0.717) is 0 Å². The normalized spacial score (nSPS) is 18.5. The monoisotopic (exact) mass is 282 g/mol. The summed E-state index contributed by atoms with van der Waals surface area (Å²) in [7, 11) is 0. The van der Waals surface area contributed by atoms with Crippen molar-refractivity contribution in [2.24, 2.45) is 0 Å². The summed E-state index contributed by atoms with van der Waals surface area (Å²) in [6.45, 7) is 9.26. The minimum absolute atomic E-state index is 0.193. The van der Waals surface area contributed by atoms with Crippen LogP contribution < -0.4 is 0 Å². The lowest BCUT2D eigenvalue weighted by molar-refractivity contribution is 0.0997. The largest absolute Gasteiger partial charge is 0.467 e. The molecule has 3 rings (SSSR count). The fraction of sp³-hybridized carbons (Fsp3) is 0.333. The topological polar surface area (TPSA) is 19.6 Å². The number of nitrogens with zero attached hydrogens (tertiary/aromatic N) is 2. The van der Waals surface area contributed by atoms with Crippen LogP contribution in [-0.4, -0.2) is 36.0 Å². The van der Waals surface area contributed by atoms with Gasteiger partial charge in [0.25, 0.3) is 0 Å². The summed E-state index contributed by atoms with van der Waals surface area (Å²) in [5.74, 6) is 0.988. The summed E-state index contributed by atoms with van der Waals surface area (Å²) in [6.07, 6.45) is 3.71. The molecule has 0 bridgehead atoms. The van der Waals surface area contributed by atoms with Crippen LogP contribution in [0.2, 0.25) is 0 Å². The van der Waals surface area contributed by atoms with Crippen molar-refractivity contribution in [3.63, 3.8) is 0 Å². The van der Waals surface area contributed by atoms with Crippen molar-refractivity contribution in [2.45, 2.75) is 12.6 Å². The third kappa shape index (κ3) is 3.43. The molecule has 3 nitrogen and oxygen atoms in total. The van der Waals surface area contributed by atoms with Crippen LogP contribution in [0, 0.1) is 0 Å². The van der Waals surface area contributed by atoms with Crippen molar-refractivity contribution in [3.05, 3.63) is 72.7 Å². The van der Waals surface area contributed by atoms with E-state index in [-0.39, 0.29) is 6.04 Å². The second-order valence-corrected chi connectivity index (χ2v) is 5.49. The number of hydrogen-bond acceptors (Lipinski definition) is 3. The van der Waals surface area contributed by atoms with Crippen molar-refractivity contribution in [3.8, 4) is 0 Å². The lowest BCUT2D eigenvalue weighted by Gasteiger charge is -2.37. The molecular weight excluding hydrogens is 260 g/mol. The first kappa shape index (κ1) is 14.1. The SMILES string of the molecule is C=CC(c1ccco1)N1CCN(Cc2ccccc2)CC1. The first-order chi connectivity index (χ1) is 10.4. The Morgan fingerprint density at radius 3 is 2.43 bits per heavy atom. The van der Waals surface area contributed by atoms with Crippen molar-refractivity contribution in [1.82, 2.24) is 9.80 Å². The van der Waals surface area contributed by atoms with Crippen LogP contribution in [0.15, 0.2) is 65.8 Å². The van der Waals surface area contributed by atoms with Gasteiger partial charge in [-0.3, -0.25) is 9.80 Å². The smallest absolute Gasteiger partial charge is 0.124 e. The van der Waals surface area contributed by atoms with Crippen LogP contribution >= 0.6 is 0 Å². The summed E-state index contributed by atoms with van der Waals surface area (Å²) >= 11 is 0. The molecule has 110 valence electrons. The maximum atomic E-state index is 5.54. The molecule has 0 aliphatic carbocycles. The molecule has 2 aromatic rings. The lowest BCUT2D eigenvalue weighted by Crippen LogP contribution is -2.46. The molecule has 1 aromatic carbocycles. The highest BCUT2D eigenvalue weighted by molar-refractivity contribution is 5.15. The fourth-order valence-electron chi connectivity index (χ4n) is 2.95. The number of hydrogen-bond donors (Lipinski definition) is 0. The summed E-state index contributed by atoms with van der Waals surface area (Å²) in [5.41, 5.74) is 1.39. The quantitative estimate of drug-likeness (QED) is 0.784. The third-order valence-corrected chi connectivity index (χ3v) is 4.11. The van der Waals surface area contributed by atoms with E-state index in [9.17, 15) is 0 Å². The average molecular weight is 282 g/mol.